The second-order valence-corrected chi connectivity index (χ2v) is 7.83. The number of rotatable bonds is 8. The summed E-state index contributed by atoms with van der Waals surface area (Å²) in [5, 5.41) is 7.76. The molecule has 0 saturated heterocycles. The van der Waals surface area contributed by atoms with Crippen LogP contribution in [0.1, 0.15) is 15.9 Å². The molecule has 4 rings (SSSR count). The first-order chi connectivity index (χ1) is 16.1. The molecule has 2 N–H and O–H groups in total. The van der Waals surface area contributed by atoms with Gasteiger partial charge in [0.05, 0.1) is 31.0 Å². The number of methoxy groups -OCH3 is 2. The number of aromatic nitrogens is 1. The van der Waals surface area contributed by atoms with Gasteiger partial charge in [0.2, 0.25) is 0 Å². The lowest BCUT2D eigenvalue weighted by Crippen LogP contribution is -2.26. The van der Waals surface area contributed by atoms with Crippen LogP contribution in [0.3, 0.4) is 0 Å². The molecule has 0 bridgehead atoms. The fraction of sp³-hybridized carbons (Fsp3) is 0.154. The summed E-state index contributed by atoms with van der Waals surface area (Å²) in [7, 11) is 3.19. The van der Waals surface area contributed by atoms with E-state index in [4.69, 9.17) is 21.1 Å². The van der Waals surface area contributed by atoms with E-state index in [1.54, 1.807) is 26.4 Å². The number of ether oxygens (including phenoxy) is 2. The Kier molecular flexibility index (Phi) is 6.95. The van der Waals surface area contributed by atoms with Crippen molar-refractivity contribution in [2.24, 2.45) is 0 Å². The number of benzene rings is 3. The number of halogens is 1. The second-order valence-electron chi connectivity index (χ2n) is 7.40. The summed E-state index contributed by atoms with van der Waals surface area (Å²) in [5.41, 5.74) is 3.09. The molecular formula is C26H24ClN3O3. The zero-order chi connectivity index (χ0) is 23.2. The van der Waals surface area contributed by atoms with Gasteiger partial charge in [-0.2, -0.15) is 0 Å². The van der Waals surface area contributed by atoms with Gasteiger partial charge in [0.15, 0.2) is 0 Å². The fourth-order valence-corrected chi connectivity index (χ4v) is 3.66. The molecule has 0 aliphatic rings. The van der Waals surface area contributed by atoms with Gasteiger partial charge >= 0.3 is 0 Å². The van der Waals surface area contributed by atoms with Gasteiger partial charge in [-0.25, -0.2) is 4.98 Å². The maximum atomic E-state index is 13.1. The van der Waals surface area contributed by atoms with Crippen LogP contribution in [0.15, 0.2) is 72.8 Å². The second kappa shape index (κ2) is 10.2. The van der Waals surface area contributed by atoms with Crippen LogP contribution in [0.2, 0.25) is 5.02 Å². The molecule has 7 heteroatoms. The molecule has 0 fully saturated rings. The van der Waals surface area contributed by atoms with Crippen LogP contribution in [0, 0.1) is 0 Å². The molecule has 168 valence electrons. The Hall–Kier alpha value is -3.77. The molecule has 3 aromatic carbocycles. The summed E-state index contributed by atoms with van der Waals surface area (Å²) in [5.74, 6) is 1.68. The minimum absolute atomic E-state index is 0.160. The molecule has 0 unspecified atom stereocenters. The van der Waals surface area contributed by atoms with Crippen LogP contribution in [-0.2, 0) is 6.42 Å². The highest BCUT2D eigenvalue weighted by Gasteiger charge is 2.14. The zero-order valence-corrected chi connectivity index (χ0v) is 19.1. The lowest BCUT2D eigenvalue weighted by Gasteiger charge is -2.14. The third kappa shape index (κ3) is 5.35. The van der Waals surface area contributed by atoms with Crippen molar-refractivity contribution in [1.82, 2.24) is 10.3 Å². The lowest BCUT2D eigenvalue weighted by atomic mass is 10.1. The quantitative estimate of drug-likeness (QED) is 0.356. The smallest absolute Gasteiger partial charge is 0.252 e. The van der Waals surface area contributed by atoms with Crippen LogP contribution < -0.4 is 20.1 Å². The third-order valence-corrected chi connectivity index (χ3v) is 5.50. The van der Waals surface area contributed by atoms with Crippen LogP contribution in [0.5, 0.6) is 11.5 Å². The molecule has 0 atom stereocenters. The maximum absolute atomic E-state index is 13.1. The zero-order valence-electron chi connectivity index (χ0n) is 18.4. The molecule has 1 amide bonds. The predicted octanol–water partition coefficient (Wildman–Crippen LogP) is 5.62. The van der Waals surface area contributed by atoms with Crippen LogP contribution in [-0.4, -0.2) is 31.7 Å². The lowest BCUT2D eigenvalue weighted by molar-refractivity contribution is 0.0955. The van der Waals surface area contributed by atoms with Gasteiger partial charge < -0.3 is 20.1 Å². The monoisotopic (exact) mass is 461 g/mol. The molecule has 1 aromatic heterocycles. The van der Waals surface area contributed by atoms with Crippen molar-refractivity contribution in [3.05, 3.63) is 88.9 Å². The number of nitrogens with zero attached hydrogens (tertiary/aromatic N) is 1. The average molecular weight is 462 g/mol. The SMILES string of the molecule is COc1ccc(Nc2cc(C(=O)NCCc3ccc(Cl)cc3)c3ccccc3n2)c(OC)c1. The largest absolute Gasteiger partial charge is 0.497 e. The number of hydrogen-bond donors (Lipinski definition) is 2. The van der Waals surface area contributed by atoms with Crippen molar-refractivity contribution in [3.8, 4) is 11.5 Å². The molecular weight excluding hydrogens is 438 g/mol. The van der Waals surface area contributed by atoms with Gasteiger partial charge in [-0.15, -0.1) is 0 Å². The van der Waals surface area contributed by atoms with E-state index >= 15 is 0 Å². The standard InChI is InChI=1S/C26H24ClN3O3/c1-32-19-11-12-23(24(15-19)33-2)30-25-16-21(20-5-3-4-6-22(20)29-25)26(31)28-14-13-17-7-9-18(27)10-8-17/h3-12,15-16H,13-14H2,1-2H3,(H,28,31)(H,29,30). The molecule has 1 heterocycles. The van der Waals surface area contributed by atoms with Gasteiger partial charge in [0.25, 0.3) is 5.91 Å². The summed E-state index contributed by atoms with van der Waals surface area (Å²) in [4.78, 5) is 17.8. The van der Waals surface area contributed by atoms with E-state index in [1.165, 1.54) is 0 Å². The Morgan fingerprint density at radius 3 is 2.52 bits per heavy atom. The Labute approximate surface area is 197 Å². The number of anilines is 2. The molecule has 0 aliphatic heterocycles. The van der Waals surface area contributed by atoms with Gasteiger partial charge in [-0.1, -0.05) is 41.9 Å². The first-order valence-electron chi connectivity index (χ1n) is 10.5. The number of amides is 1. The summed E-state index contributed by atoms with van der Waals surface area (Å²) in [6.07, 6.45) is 0.708. The van der Waals surface area contributed by atoms with Gasteiger partial charge in [-0.3, -0.25) is 4.79 Å². The van der Waals surface area contributed by atoms with Gasteiger partial charge in [0, 0.05) is 23.0 Å². The van der Waals surface area contributed by atoms with E-state index in [1.807, 2.05) is 60.7 Å². The Morgan fingerprint density at radius 2 is 1.76 bits per heavy atom. The van der Waals surface area contributed by atoms with Crippen molar-refractivity contribution in [3.63, 3.8) is 0 Å². The minimum atomic E-state index is -0.160. The van der Waals surface area contributed by atoms with E-state index < -0.39 is 0 Å². The number of fused-ring (bicyclic) bond motifs is 1. The highest BCUT2D eigenvalue weighted by atomic mass is 35.5. The van der Waals surface area contributed by atoms with Crippen molar-refractivity contribution in [1.29, 1.82) is 0 Å². The highest BCUT2D eigenvalue weighted by Crippen LogP contribution is 2.32. The van der Waals surface area contributed by atoms with E-state index in [-0.39, 0.29) is 5.91 Å². The van der Waals surface area contributed by atoms with E-state index in [2.05, 4.69) is 15.6 Å². The summed E-state index contributed by atoms with van der Waals surface area (Å²) >= 11 is 5.94. The topological polar surface area (TPSA) is 72.5 Å². The maximum Gasteiger partial charge on any atom is 0.252 e. The summed E-state index contributed by atoms with van der Waals surface area (Å²) in [6, 6.07) is 22.4. The number of pyridine rings is 1. The summed E-state index contributed by atoms with van der Waals surface area (Å²) in [6.45, 7) is 0.506. The number of para-hydroxylation sites is 1. The number of hydrogen-bond acceptors (Lipinski definition) is 5. The molecule has 4 aromatic rings. The van der Waals surface area contributed by atoms with Crippen LogP contribution in [0.25, 0.3) is 10.9 Å². The molecule has 0 saturated carbocycles. The number of carbonyl (C=O) groups is 1. The predicted molar refractivity (Wildman–Crippen MR) is 132 cm³/mol. The third-order valence-electron chi connectivity index (χ3n) is 5.24. The van der Waals surface area contributed by atoms with Gasteiger partial charge in [0.1, 0.15) is 17.3 Å². The molecule has 0 aliphatic carbocycles. The molecule has 33 heavy (non-hydrogen) atoms. The van der Waals surface area contributed by atoms with Crippen molar-refractivity contribution >= 4 is 39.9 Å². The first-order valence-corrected chi connectivity index (χ1v) is 10.9. The Morgan fingerprint density at radius 1 is 0.970 bits per heavy atom. The molecule has 0 radical (unpaired) electrons. The van der Waals surface area contributed by atoms with Gasteiger partial charge in [-0.05, 0) is 48.4 Å². The highest BCUT2D eigenvalue weighted by molar-refractivity contribution is 6.30. The summed E-state index contributed by atoms with van der Waals surface area (Å²) < 4.78 is 10.7. The molecule has 0 spiro atoms. The minimum Gasteiger partial charge on any atom is -0.497 e. The molecule has 6 nitrogen and oxygen atoms in total. The van der Waals surface area contributed by atoms with Crippen LogP contribution in [0.4, 0.5) is 11.5 Å². The van der Waals surface area contributed by atoms with Crippen molar-refractivity contribution in [2.45, 2.75) is 6.42 Å². The van der Waals surface area contributed by atoms with Crippen molar-refractivity contribution in [2.75, 3.05) is 26.1 Å². The normalized spacial score (nSPS) is 10.6. The Balaban J connectivity index is 1.57. The average Bonchev–Trinajstić information content (AvgIpc) is 2.85. The number of nitrogens with one attached hydrogen (secondary N) is 2. The van der Waals surface area contributed by atoms with E-state index in [9.17, 15) is 4.79 Å². The van der Waals surface area contributed by atoms with Crippen molar-refractivity contribution < 1.29 is 14.3 Å². The number of carbonyl (C=O) groups excluding carboxylic acids is 1. The fourth-order valence-electron chi connectivity index (χ4n) is 3.53. The first kappa shape index (κ1) is 22.4. The Bertz CT molecular complexity index is 1280. The van der Waals surface area contributed by atoms with E-state index in [0.717, 1.165) is 22.2 Å². The van der Waals surface area contributed by atoms with Crippen LogP contribution >= 0.6 is 11.6 Å². The van der Waals surface area contributed by atoms with E-state index in [0.29, 0.717) is 40.9 Å².